The Labute approximate surface area is 84.4 Å². The molecule has 0 N–H and O–H groups in total. The van der Waals surface area contributed by atoms with Crippen molar-refractivity contribution in [2.75, 3.05) is 7.11 Å². The number of hydrogen-bond donors (Lipinski definition) is 0. The molecule has 1 aromatic carbocycles. The molecule has 0 fully saturated rings. The summed E-state index contributed by atoms with van der Waals surface area (Å²) in [6.07, 6.45) is 0.316. The van der Waals surface area contributed by atoms with Crippen LogP contribution in [0, 0.1) is 5.82 Å². The second-order valence-electron chi connectivity index (χ2n) is 2.47. The number of aldehydes is 1. The molecule has 14 heavy (non-hydrogen) atoms. The molecular formula is C9H6ClFO3. The third-order valence-corrected chi connectivity index (χ3v) is 1.87. The van der Waals surface area contributed by atoms with Gasteiger partial charge in [-0.1, -0.05) is 0 Å². The molecule has 0 aliphatic rings. The number of carbonyl (C=O) groups is 2. The van der Waals surface area contributed by atoms with Gasteiger partial charge in [-0.25, -0.2) is 4.39 Å². The number of ether oxygens (including phenoxy) is 1. The van der Waals surface area contributed by atoms with Gasteiger partial charge in [-0.15, -0.1) is 0 Å². The van der Waals surface area contributed by atoms with Crippen LogP contribution in [0.1, 0.15) is 20.7 Å². The van der Waals surface area contributed by atoms with E-state index in [-0.39, 0.29) is 16.9 Å². The number of carbonyl (C=O) groups excluding carboxylic acids is 2. The summed E-state index contributed by atoms with van der Waals surface area (Å²) in [5, 5.41) is -0.806. The maximum atomic E-state index is 13.1. The van der Waals surface area contributed by atoms with Gasteiger partial charge in [-0.05, 0) is 23.7 Å². The molecule has 0 atom stereocenters. The van der Waals surface area contributed by atoms with Gasteiger partial charge >= 0.3 is 0 Å². The molecule has 74 valence electrons. The first-order chi connectivity index (χ1) is 6.60. The highest BCUT2D eigenvalue weighted by Gasteiger charge is 2.13. The van der Waals surface area contributed by atoms with Gasteiger partial charge in [0.2, 0.25) is 0 Å². The highest BCUT2D eigenvalue weighted by Crippen LogP contribution is 2.22. The molecule has 0 aliphatic carbocycles. The number of halogens is 2. The van der Waals surface area contributed by atoms with Crippen molar-refractivity contribution in [3.05, 3.63) is 29.1 Å². The zero-order valence-corrected chi connectivity index (χ0v) is 7.97. The average molecular weight is 217 g/mol. The lowest BCUT2D eigenvalue weighted by Gasteiger charge is -2.05. The normalized spacial score (nSPS) is 9.64. The Balaban J connectivity index is 3.38. The molecule has 0 aromatic heterocycles. The second kappa shape index (κ2) is 4.19. The molecule has 0 heterocycles. The van der Waals surface area contributed by atoms with Gasteiger partial charge in [-0.2, -0.15) is 0 Å². The van der Waals surface area contributed by atoms with Crippen LogP contribution in [0.25, 0.3) is 0 Å². The van der Waals surface area contributed by atoms with Crippen molar-refractivity contribution in [1.29, 1.82) is 0 Å². The number of hydrogen-bond acceptors (Lipinski definition) is 3. The Bertz CT molecular complexity index is 390. The summed E-state index contributed by atoms with van der Waals surface area (Å²) in [7, 11) is 1.27. The van der Waals surface area contributed by atoms with Crippen molar-refractivity contribution < 1.29 is 18.7 Å². The van der Waals surface area contributed by atoms with Crippen LogP contribution in [0.15, 0.2) is 12.1 Å². The van der Waals surface area contributed by atoms with Crippen molar-refractivity contribution in [3.8, 4) is 5.75 Å². The van der Waals surface area contributed by atoms with Gasteiger partial charge < -0.3 is 4.74 Å². The van der Waals surface area contributed by atoms with Crippen molar-refractivity contribution in [2.24, 2.45) is 0 Å². The fourth-order valence-electron chi connectivity index (χ4n) is 0.989. The quantitative estimate of drug-likeness (QED) is 0.574. The van der Waals surface area contributed by atoms with Crippen LogP contribution in [0.4, 0.5) is 4.39 Å². The fourth-order valence-corrected chi connectivity index (χ4v) is 1.10. The lowest BCUT2D eigenvalue weighted by molar-refractivity contribution is 0.107. The zero-order chi connectivity index (χ0) is 10.7. The van der Waals surface area contributed by atoms with Crippen molar-refractivity contribution >= 4 is 23.1 Å². The van der Waals surface area contributed by atoms with Crippen LogP contribution in [-0.2, 0) is 0 Å². The van der Waals surface area contributed by atoms with E-state index >= 15 is 0 Å². The van der Waals surface area contributed by atoms with Crippen LogP contribution >= 0.6 is 11.6 Å². The largest absolute Gasteiger partial charge is 0.496 e. The smallest absolute Gasteiger partial charge is 0.252 e. The number of benzene rings is 1. The van der Waals surface area contributed by atoms with Crippen molar-refractivity contribution in [2.45, 2.75) is 0 Å². The van der Waals surface area contributed by atoms with Gasteiger partial charge in [0.05, 0.1) is 12.7 Å². The number of rotatable bonds is 3. The van der Waals surface area contributed by atoms with E-state index in [1.807, 2.05) is 0 Å². The lowest BCUT2D eigenvalue weighted by Crippen LogP contribution is -1.99. The molecule has 1 rings (SSSR count). The molecule has 0 bridgehead atoms. The Hall–Kier alpha value is -1.42. The minimum atomic E-state index is -0.830. The summed E-state index contributed by atoms with van der Waals surface area (Å²) < 4.78 is 17.9. The van der Waals surface area contributed by atoms with E-state index < -0.39 is 11.1 Å². The van der Waals surface area contributed by atoms with E-state index in [0.29, 0.717) is 6.29 Å². The van der Waals surface area contributed by atoms with E-state index in [9.17, 15) is 14.0 Å². The highest BCUT2D eigenvalue weighted by molar-refractivity contribution is 6.67. The summed E-state index contributed by atoms with van der Waals surface area (Å²) in [4.78, 5) is 21.2. The second-order valence-corrected chi connectivity index (χ2v) is 2.81. The first-order valence-electron chi connectivity index (χ1n) is 3.62. The van der Waals surface area contributed by atoms with Crippen LogP contribution in [-0.4, -0.2) is 18.6 Å². The highest BCUT2D eigenvalue weighted by atomic mass is 35.5. The molecule has 5 heteroatoms. The summed E-state index contributed by atoms with van der Waals surface area (Å²) in [5.74, 6) is -0.840. The van der Waals surface area contributed by atoms with Gasteiger partial charge in [0.25, 0.3) is 5.24 Å². The summed E-state index contributed by atoms with van der Waals surface area (Å²) in [5.41, 5.74) is -0.277. The van der Waals surface area contributed by atoms with Crippen LogP contribution < -0.4 is 4.74 Å². The molecular weight excluding hydrogens is 211 g/mol. The minimum absolute atomic E-state index is 0.0102. The summed E-state index contributed by atoms with van der Waals surface area (Å²) >= 11 is 5.15. The van der Waals surface area contributed by atoms with E-state index in [2.05, 4.69) is 0 Å². The Kier molecular flexibility index (Phi) is 3.19. The molecule has 0 unspecified atom stereocenters. The summed E-state index contributed by atoms with van der Waals surface area (Å²) in [6.45, 7) is 0. The molecule has 1 aromatic rings. The molecule has 0 aliphatic heterocycles. The first-order valence-corrected chi connectivity index (χ1v) is 4.00. The van der Waals surface area contributed by atoms with Gasteiger partial charge in [0, 0.05) is 5.56 Å². The predicted molar refractivity (Wildman–Crippen MR) is 48.5 cm³/mol. The van der Waals surface area contributed by atoms with Crippen molar-refractivity contribution in [3.63, 3.8) is 0 Å². The average Bonchev–Trinajstić information content (AvgIpc) is 2.16. The monoisotopic (exact) mass is 216 g/mol. The lowest BCUT2D eigenvalue weighted by atomic mass is 10.1. The first kappa shape index (κ1) is 10.7. The molecule has 0 saturated carbocycles. The molecule has 0 radical (unpaired) electrons. The maximum Gasteiger partial charge on any atom is 0.252 e. The van der Waals surface area contributed by atoms with Crippen LogP contribution in [0.2, 0.25) is 0 Å². The topological polar surface area (TPSA) is 43.4 Å². The zero-order valence-electron chi connectivity index (χ0n) is 7.21. The van der Waals surface area contributed by atoms with Crippen molar-refractivity contribution in [1.82, 2.24) is 0 Å². The van der Waals surface area contributed by atoms with Gasteiger partial charge in [-0.3, -0.25) is 9.59 Å². The van der Waals surface area contributed by atoms with Crippen LogP contribution in [0.3, 0.4) is 0 Å². The molecule has 3 nitrogen and oxygen atoms in total. The predicted octanol–water partition coefficient (Wildman–Crippen LogP) is 2.03. The third-order valence-electron chi connectivity index (χ3n) is 1.66. The van der Waals surface area contributed by atoms with Crippen LogP contribution in [0.5, 0.6) is 5.75 Å². The third kappa shape index (κ3) is 1.90. The standard InChI is InChI=1S/C9H6ClFO3/c1-14-8-3-5(9(10)13)2-7(11)6(8)4-12/h2-4H,1H3. The summed E-state index contributed by atoms with van der Waals surface area (Å²) in [6, 6.07) is 2.10. The molecule has 0 spiro atoms. The van der Waals surface area contributed by atoms with Gasteiger partial charge in [0.15, 0.2) is 6.29 Å². The molecule has 0 saturated heterocycles. The SMILES string of the molecule is COc1cc(C(=O)Cl)cc(F)c1C=O. The Morgan fingerprint density at radius 2 is 2.21 bits per heavy atom. The van der Waals surface area contributed by atoms with E-state index in [0.717, 1.165) is 6.07 Å². The van der Waals surface area contributed by atoms with E-state index in [4.69, 9.17) is 16.3 Å². The number of methoxy groups -OCH3 is 1. The minimum Gasteiger partial charge on any atom is -0.496 e. The van der Waals surface area contributed by atoms with Gasteiger partial charge in [0.1, 0.15) is 11.6 Å². The Morgan fingerprint density at radius 3 is 2.64 bits per heavy atom. The maximum absolute atomic E-state index is 13.1. The van der Waals surface area contributed by atoms with E-state index in [1.165, 1.54) is 13.2 Å². The fraction of sp³-hybridized carbons (Fsp3) is 0.111. The molecule has 0 amide bonds. The Morgan fingerprint density at radius 1 is 1.57 bits per heavy atom. The van der Waals surface area contributed by atoms with E-state index in [1.54, 1.807) is 0 Å².